The number of imidazole rings is 1. The van der Waals surface area contributed by atoms with Crippen molar-refractivity contribution in [3.63, 3.8) is 0 Å². The molecule has 0 spiro atoms. The highest BCUT2D eigenvalue weighted by atomic mass is 16.3. The van der Waals surface area contributed by atoms with Gasteiger partial charge in [-0.15, -0.1) is 0 Å². The van der Waals surface area contributed by atoms with Crippen LogP contribution in [0.4, 0.5) is 0 Å². The van der Waals surface area contributed by atoms with E-state index in [1.165, 1.54) is 19.4 Å². The number of likely N-dealkylation sites (N-methyl/N-ethyl adjacent to an activating group) is 1. The first-order chi connectivity index (χ1) is 8.78. The minimum Gasteiger partial charge on any atom is -0.385 e. The topological polar surface area (TPSA) is 41.3 Å². The van der Waals surface area contributed by atoms with Crippen molar-refractivity contribution in [3.05, 3.63) is 17.7 Å². The van der Waals surface area contributed by atoms with Gasteiger partial charge in [-0.3, -0.25) is 0 Å². The van der Waals surface area contributed by atoms with Crippen molar-refractivity contribution in [2.24, 2.45) is 0 Å². The maximum absolute atomic E-state index is 9.94. The molecule has 1 aromatic heterocycles. The van der Waals surface area contributed by atoms with Crippen molar-refractivity contribution in [2.45, 2.75) is 57.7 Å². The summed E-state index contributed by atoms with van der Waals surface area (Å²) in [4.78, 5) is 7.20. The number of hydrogen-bond donors (Lipinski definition) is 1. The highest BCUT2D eigenvalue weighted by molar-refractivity contribution is 5.10. The third kappa shape index (κ3) is 2.19. The van der Waals surface area contributed by atoms with Crippen LogP contribution < -0.4 is 0 Å². The number of rotatable bonds is 3. The minimum absolute atomic E-state index is 0.349. The Labute approximate surface area is 109 Å². The first-order valence-corrected chi connectivity index (χ1v) is 7.26. The highest BCUT2D eigenvalue weighted by Gasteiger charge is 2.26. The smallest absolute Gasteiger partial charge is 0.137 e. The minimum atomic E-state index is -0.349. The predicted octanol–water partition coefficient (Wildman–Crippen LogP) is 1.74. The SMILES string of the molecule is CCN1CCCC1Cc1cn2c(n1)C(O)CCC2. The summed E-state index contributed by atoms with van der Waals surface area (Å²) in [6.45, 7) is 5.63. The molecular formula is C14H23N3O. The third-order valence-electron chi connectivity index (χ3n) is 4.38. The summed E-state index contributed by atoms with van der Waals surface area (Å²) in [5, 5.41) is 9.94. The van der Waals surface area contributed by atoms with Crippen LogP contribution in [-0.2, 0) is 13.0 Å². The van der Waals surface area contributed by atoms with E-state index in [0.29, 0.717) is 6.04 Å². The summed E-state index contributed by atoms with van der Waals surface area (Å²) >= 11 is 0. The van der Waals surface area contributed by atoms with Crippen LogP contribution >= 0.6 is 0 Å². The molecule has 3 heterocycles. The second kappa shape index (κ2) is 5.02. The monoisotopic (exact) mass is 249 g/mol. The predicted molar refractivity (Wildman–Crippen MR) is 70.4 cm³/mol. The Balaban J connectivity index is 1.73. The van der Waals surface area contributed by atoms with Crippen LogP contribution in [0, 0.1) is 0 Å². The van der Waals surface area contributed by atoms with Gasteiger partial charge in [-0.05, 0) is 38.8 Å². The molecule has 1 fully saturated rings. The Bertz CT molecular complexity index is 415. The summed E-state index contributed by atoms with van der Waals surface area (Å²) < 4.78 is 2.15. The zero-order chi connectivity index (χ0) is 12.5. The van der Waals surface area contributed by atoms with Gasteiger partial charge in [0.15, 0.2) is 0 Å². The lowest BCUT2D eigenvalue weighted by Crippen LogP contribution is -2.30. The largest absolute Gasteiger partial charge is 0.385 e. The molecule has 0 saturated carbocycles. The fourth-order valence-electron chi connectivity index (χ4n) is 3.40. The van der Waals surface area contributed by atoms with Gasteiger partial charge < -0.3 is 14.6 Å². The number of aryl methyl sites for hydroxylation is 1. The molecule has 0 amide bonds. The summed E-state index contributed by atoms with van der Waals surface area (Å²) in [6.07, 6.45) is 7.38. The molecule has 0 radical (unpaired) electrons. The molecular weight excluding hydrogens is 226 g/mol. The van der Waals surface area contributed by atoms with E-state index in [0.717, 1.165) is 43.9 Å². The molecule has 18 heavy (non-hydrogen) atoms. The van der Waals surface area contributed by atoms with E-state index in [9.17, 15) is 5.11 Å². The van der Waals surface area contributed by atoms with Crippen molar-refractivity contribution in [1.82, 2.24) is 14.5 Å². The van der Waals surface area contributed by atoms with Crippen LogP contribution in [0.3, 0.4) is 0 Å². The normalized spacial score (nSPS) is 28.6. The lowest BCUT2D eigenvalue weighted by Gasteiger charge is -2.21. The van der Waals surface area contributed by atoms with Crippen molar-refractivity contribution in [1.29, 1.82) is 0 Å². The fourth-order valence-corrected chi connectivity index (χ4v) is 3.40. The van der Waals surface area contributed by atoms with Gasteiger partial charge in [0.05, 0.1) is 5.69 Å². The van der Waals surface area contributed by atoms with E-state index in [-0.39, 0.29) is 6.10 Å². The van der Waals surface area contributed by atoms with Crippen LogP contribution in [0.15, 0.2) is 6.20 Å². The van der Waals surface area contributed by atoms with E-state index in [1.807, 2.05) is 0 Å². The molecule has 0 aliphatic carbocycles. The van der Waals surface area contributed by atoms with Gasteiger partial charge in [0.2, 0.25) is 0 Å². The highest BCUT2D eigenvalue weighted by Crippen LogP contribution is 2.26. The molecule has 3 rings (SSSR count). The van der Waals surface area contributed by atoms with E-state index in [2.05, 4.69) is 27.6 Å². The Kier molecular flexibility index (Phi) is 3.39. The molecule has 0 aromatic carbocycles. The lowest BCUT2D eigenvalue weighted by atomic mass is 10.1. The number of aromatic nitrogens is 2. The zero-order valence-electron chi connectivity index (χ0n) is 11.2. The molecule has 4 heteroatoms. The first-order valence-electron chi connectivity index (χ1n) is 7.26. The van der Waals surface area contributed by atoms with Crippen molar-refractivity contribution in [3.8, 4) is 0 Å². The van der Waals surface area contributed by atoms with Crippen LogP contribution in [0.5, 0.6) is 0 Å². The van der Waals surface area contributed by atoms with Gasteiger partial charge in [-0.25, -0.2) is 4.98 Å². The maximum atomic E-state index is 9.94. The number of fused-ring (bicyclic) bond motifs is 1. The Hall–Kier alpha value is -0.870. The van der Waals surface area contributed by atoms with Gasteiger partial charge >= 0.3 is 0 Å². The van der Waals surface area contributed by atoms with Gasteiger partial charge in [-0.1, -0.05) is 6.92 Å². The quantitative estimate of drug-likeness (QED) is 0.887. The Morgan fingerprint density at radius 3 is 2.94 bits per heavy atom. The molecule has 1 aromatic rings. The number of nitrogens with zero attached hydrogens (tertiary/aromatic N) is 3. The Morgan fingerprint density at radius 2 is 2.17 bits per heavy atom. The molecule has 0 bridgehead atoms. The van der Waals surface area contributed by atoms with Crippen LogP contribution in [0.1, 0.15) is 50.2 Å². The lowest BCUT2D eigenvalue weighted by molar-refractivity contribution is 0.133. The van der Waals surface area contributed by atoms with Gasteiger partial charge in [0, 0.05) is 25.2 Å². The number of aliphatic hydroxyl groups is 1. The fraction of sp³-hybridized carbons (Fsp3) is 0.786. The number of likely N-dealkylation sites (tertiary alicyclic amines) is 1. The van der Waals surface area contributed by atoms with E-state index >= 15 is 0 Å². The van der Waals surface area contributed by atoms with Crippen LogP contribution in [-0.4, -0.2) is 38.7 Å². The summed E-state index contributed by atoms with van der Waals surface area (Å²) in [5.41, 5.74) is 1.16. The van der Waals surface area contributed by atoms with Crippen molar-refractivity contribution in [2.75, 3.05) is 13.1 Å². The van der Waals surface area contributed by atoms with Gasteiger partial charge in [0.1, 0.15) is 11.9 Å². The van der Waals surface area contributed by atoms with Crippen molar-refractivity contribution >= 4 is 0 Å². The third-order valence-corrected chi connectivity index (χ3v) is 4.38. The molecule has 2 aliphatic rings. The summed E-state index contributed by atoms with van der Waals surface area (Å²) in [6, 6.07) is 0.657. The molecule has 2 aliphatic heterocycles. The first kappa shape index (κ1) is 12.2. The van der Waals surface area contributed by atoms with Crippen molar-refractivity contribution < 1.29 is 5.11 Å². The standard InChI is InChI=1S/C14H23N3O/c1-2-16-7-3-5-12(16)9-11-10-17-8-4-6-13(18)14(17)15-11/h10,12-13,18H,2-9H2,1H3. The van der Waals surface area contributed by atoms with E-state index < -0.39 is 0 Å². The summed E-state index contributed by atoms with van der Waals surface area (Å²) in [5.74, 6) is 0.886. The number of aliphatic hydroxyl groups excluding tert-OH is 1. The zero-order valence-corrected chi connectivity index (χ0v) is 11.2. The number of hydrogen-bond acceptors (Lipinski definition) is 3. The average molecular weight is 249 g/mol. The van der Waals surface area contributed by atoms with Gasteiger partial charge in [0.25, 0.3) is 0 Å². The molecule has 4 nitrogen and oxygen atoms in total. The van der Waals surface area contributed by atoms with Gasteiger partial charge in [-0.2, -0.15) is 0 Å². The van der Waals surface area contributed by atoms with Crippen LogP contribution in [0.2, 0.25) is 0 Å². The van der Waals surface area contributed by atoms with E-state index in [1.54, 1.807) is 0 Å². The molecule has 2 atom stereocenters. The average Bonchev–Trinajstić information content (AvgIpc) is 2.96. The van der Waals surface area contributed by atoms with Crippen LogP contribution in [0.25, 0.3) is 0 Å². The summed E-state index contributed by atoms with van der Waals surface area (Å²) in [7, 11) is 0. The maximum Gasteiger partial charge on any atom is 0.137 e. The van der Waals surface area contributed by atoms with E-state index in [4.69, 9.17) is 0 Å². The Morgan fingerprint density at radius 1 is 1.33 bits per heavy atom. The second-order valence-electron chi connectivity index (χ2n) is 5.57. The molecule has 2 unspecified atom stereocenters. The molecule has 1 saturated heterocycles. The molecule has 100 valence electrons. The molecule has 1 N–H and O–H groups in total. The second-order valence-corrected chi connectivity index (χ2v) is 5.57.